The average molecular weight is 358 g/mol. The van der Waals surface area contributed by atoms with Crippen LogP contribution in [0.1, 0.15) is 66.9 Å². The first kappa shape index (κ1) is 18.4. The number of carbonyl (C=O) groups excluding carboxylic acids is 3. The molecule has 0 bridgehead atoms. The molecular formula is C20H26N2O4. The predicted molar refractivity (Wildman–Crippen MR) is 96.9 cm³/mol. The molecule has 2 aliphatic rings. The van der Waals surface area contributed by atoms with Crippen LogP contribution in [0.15, 0.2) is 18.2 Å². The Bertz CT molecular complexity index is 695. The zero-order chi connectivity index (χ0) is 18.5. The van der Waals surface area contributed by atoms with E-state index in [9.17, 15) is 14.4 Å². The number of benzene rings is 1. The Morgan fingerprint density at radius 3 is 2.54 bits per heavy atom. The minimum atomic E-state index is -1.03. The fraction of sp³-hybridized carbons (Fsp3) is 0.550. The van der Waals surface area contributed by atoms with Gasteiger partial charge in [-0.05, 0) is 62.3 Å². The summed E-state index contributed by atoms with van der Waals surface area (Å²) in [5, 5.41) is 5.07. The molecule has 0 heterocycles. The van der Waals surface area contributed by atoms with Crippen LogP contribution in [0.4, 0.5) is 4.79 Å². The van der Waals surface area contributed by atoms with Gasteiger partial charge in [0.15, 0.2) is 6.10 Å². The lowest BCUT2D eigenvalue weighted by atomic mass is 9.96. The molecule has 0 spiro atoms. The first-order valence-corrected chi connectivity index (χ1v) is 9.47. The molecule has 140 valence electrons. The van der Waals surface area contributed by atoms with Crippen molar-refractivity contribution in [3.63, 3.8) is 0 Å². The van der Waals surface area contributed by atoms with Crippen molar-refractivity contribution in [2.45, 2.75) is 70.4 Å². The second-order valence-electron chi connectivity index (χ2n) is 7.18. The number of esters is 1. The highest BCUT2D eigenvalue weighted by atomic mass is 16.5. The molecule has 1 aromatic rings. The van der Waals surface area contributed by atoms with Crippen molar-refractivity contribution in [3.8, 4) is 0 Å². The Kier molecular flexibility index (Phi) is 5.91. The average Bonchev–Trinajstić information content (AvgIpc) is 3.10. The fourth-order valence-electron chi connectivity index (χ4n) is 3.66. The molecular weight excluding hydrogens is 332 g/mol. The fourth-order valence-corrected chi connectivity index (χ4v) is 3.66. The third-order valence-electron chi connectivity index (χ3n) is 5.16. The zero-order valence-corrected chi connectivity index (χ0v) is 15.2. The maximum Gasteiger partial charge on any atom is 0.338 e. The number of ether oxygens (including phenoxy) is 1. The van der Waals surface area contributed by atoms with E-state index >= 15 is 0 Å². The van der Waals surface area contributed by atoms with Crippen LogP contribution in [-0.2, 0) is 22.4 Å². The highest BCUT2D eigenvalue weighted by Crippen LogP contribution is 2.23. The smallest absolute Gasteiger partial charge is 0.338 e. The SMILES string of the molecule is C[C@@H](OC(=O)c1ccc2c(c1)CCC2)C(=O)NC(=O)NC1CCCCC1. The van der Waals surface area contributed by atoms with E-state index in [1.807, 2.05) is 12.1 Å². The van der Waals surface area contributed by atoms with Crippen molar-refractivity contribution in [2.24, 2.45) is 0 Å². The number of nitrogens with one attached hydrogen (secondary N) is 2. The summed E-state index contributed by atoms with van der Waals surface area (Å²) >= 11 is 0. The highest BCUT2D eigenvalue weighted by Gasteiger charge is 2.23. The van der Waals surface area contributed by atoms with Gasteiger partial charge >= 0.3 is 12.0 Å². The van der Waals surface area contributed by atoms with E-state index in [0.29, 0.717) is 5.56 Å². The number of aryl methyl sites for hydroxylation is 2. The molecule has 1 saturated carbocycles. The van der Waals surface area contributed by atoms with Crippen LogP contribution in [0.25, 0.3) is 0 Å². The quantitative estimate of drug-likeness (QED) is 0.811. The van der Waals surface area contributed by atoms with Crippen molar-refractivity contribution in [2.75, 3.05) is 0 Å². The van der Waals surface area contributed by atoms with Crippen molar-refractivity contribution in [1.82, 2.24) is 10.6 Å². The van der Waals surface area contributed by atoms with Crippen molar-refractivity contribution >= 4 is 17.9 Å². The summed E-state index contributed by atoms with van der Waals surface area (Å²) in [5.74, 6) is -1.16. The minimum absolute atomic E-state index is 0.112. The Labute approximate surface area is 153 Å². The van der Waals surface area contributed by atoms with Crippen molar-refractivity contribution in [3.05, 3.63) is 34.9 Å². The lowest BCUT2D eigenvalue weighted by molar-refractivity contribution is -0.127. The lowest BCUT2D eigenvalue weighted by Crippen LogP contribution is -2.48. The summed E-state index contributed by atoms with van der Waals surface area (Å²) in [6.45, 7) is 1.47. The Morgan fingerprint density at radius 2 is 1.77 bits per heavy atom. The second kappa shape index (κ2) is 8.34. The largest absolute Gasteiger partial charge is 0.449 e. The molecule has 1 fully saturated rings. The molecule has 6 heteroatoms. The van der Waals surface area contributed by atoms with Crippen LogP contribution in [0.3, 0.4) is 0 Å². The summed E-state index contributed by atoms with van der Waals surface area (Å²) in [6, 6.07) is 5.10. The maximum atomic E-state index is 12.3. The molecule has 0 radical (unpaired) electrons. The number of rotatable bonds is 4. The molecule has 0 saturated heterocycles. The number of hydrogen-bond acceptors (Lipinski definition) is 4. The van der Waals surface area contributed by atoms with Crippen LogP contribution in [0.2, 0.25) is 0 Å². The van der Waals surface area contributed by atoms with Crippen LogP contribution in [-0.4, -0.2) is 30.1 Å². The number of fused-ring (bicyclic) bond motifs is 1. The zero-order valence-electron chi connectivity index (χ0n) is 15.2. The summed E-state index contributed by atoms with van der Waals surface area (Å²) in [7, 11) is 0. The normalized spacial score (nSPS) is 17.9. The number of hydrogen-bond donors (Lipinski definition) is 2. The topological polar surface area (TPSA) is 84.5 Å². The highest BCUT2D eigenvalue weighted by molar-refractivity contribution is 5.98. The Morgan fingerprint density at radius 1 is 1.04 bits per heavy atom. The predicted octanol–water partition coefficient (Wildman–Crippen LogP) is 2.88. The molecule has 1 aromatic carbocycles. The molecule has 0 unspecified atom stereocenters. The molecule has 3 rings (SSSR count). The van der Waals surface area contributed by atoms with Gasteiger partial charge in [0, 0.05) is 6.04 Å². The molecule has 1 atom stereocenters. The van der Waals surface area contributed by atoms with Crippen LogP contribution in [0.5, 0.6) is 0 Å². The molecule has 6 nitrogen and oxygen atoms in total. The van der Waals surface area contributed by atoms with Crippen LogP contribution < -0.4 is 10.6 Å². The van der Waals surface area contributed by atoms with Gasteiger partial charge in [-0.25, -0.2) is 9.59 Å². The van der Waals surface area contributed by atoms with Gasteiger partial charge in [0.2, 0.25) is 0 Å². The van der Waals surface area contributed by atoms with Gasteiger partial charge in [-0.1, -0.05) is 25.3 Å². The van der Waals surface area contributed by atoms with E-state index in [-0.39, 0.29) is 6.04 Å². The molecule has 2 N–H and O–H groups in total. The summed E-state index contributed by atoms with van der Waals surface area (Å²) in [5.41, 5.74) is 2.88. The monoisotopic (exact) mass is 358 g/mol. The van der Waals surface area contributed by atoms with Gasteiger partial charge in [0.05, 0.1) is 5.56 Å². The molecule has 0 aromatic heterocycles. The van der Waals surface area contributed by atoms with Crippen molar-refractivity contribution in [1.29, 1.82) is 0 Å². The van der Waals surface area contributed by atoms with Gasteiger partial charge in [0.25, 0.3) is 5.91 Å². The van der Waals surface area contributed by atoms with Gasteiger partial charge < -0.3 is 10.1 Å². The third kappa shape index (κ3) is 4.62. The minimum Gasteiger partial charge on any atom is -0.449 e. The van der Waals surface area contributed by atoms with E-state index in [0.717, 1.165) is 44.9 Å². The maximum absolute atomic E-state index is 12.3. The van der Waals surface area contributed by atoms with E-state index < -0.39 is 24.0 Å². The molecule has 0 aliphatic heterocycles. The molecule has 3 amide bonds. The van der Waals surface area contributed by atoms with Crippen molar-refractivity contribution < 1.29 is 19.1 Å². The van der Waals surface area contributed by atoms with E-state index in [1.54, 1.807) is 6.07 Å². The standard InChI is InChI=1S/C20H26N2O4/c1-13(18(23)22-20(25)21-17-8-3-2-4-9-17)26-19(24)16-11-10-14-6-5-7-15(14)12-16/h10-13,17H,2-9H2,1H3,(H2,21,22,23,25)/t13-/m1/s1. The number of amides is 3. The van der Waals surface area contributed by atoms with E-state index in [4.69, 9.17) is 4.74 Å². The number of imide groups is 1. The van der Waals surface area contributed by atoms with Crippen LogP contribution >= 0.6 is 0 Å². The lowest BCUT2D eigenvalue weighted by Gasteiger charge is -2.23. The van der Waals surface area contributed by atoms with Gasteiger partial charge in [-0.15, -0.1) is 0 Å². The second-order valence-corrected chi connectivity index (χ2v) is 7.18. The molecule has 26 heavy (non-hydrogen) atoms. The van der Waals surface area contributed by atoms with Crippen LogP contribution in [0, 0.1) is 0 Å². The number of carbonyl (C=O) groups is 3. The third-order valence-corrected chi connectivity index (χ3v) is 5.16. The molecule has 2 aliphatic carbocycles. The first-order valence-electron chi connectivity index (χ1n) is 9.47. The van der Waals surface area contributed by atoms with Gasteiger partial charge in [-0.3, -0.25) is 10.1 Å². The Hall–Kier alpha value is -2.37. The Balaban J connectivity index is 1.48. The summed E-state index contributed by atoms with van der Waals surface area (Å²) in [4.78, 5) is 36.3. The summed E-state index contributed by atoms with van der Waals surface area (Å²) in [6.07, 6.45) is 7.31. The number of urea groups is 1. The van der Waals surface area contributed by atoms with E-state index in [2.05, 4.69) is 10.6 Å². The van der Waals surface area contributed by atoms with Gasteiger partial charge in [-0.2, -0.15) is 0 Å². The van der Waals surface area contributed by atoms with E-state index in [1.165, 1.54) is 24.5 Å². The summed E-state index contributed by atoms with van der Waals surface area (Å²) < 4.78 is 5.22. The first-order chi connectivity index (χ1) is 12.5. The van der Waals surface area contributed by atoms with Gasteiger partial charge in [0.1, 0.15) is 0 Å².